The highest BCUT2D eigenvalue weighted by molar-refractivity contribution is 5.27. The van der Waals surface area contributed by atoms with Crippen molar-refractivity contribution < 1.29 is 9.50 Å². The summed E-state index contributed by atoms with van der Waals surface area (Å²) >= 11 is 0. The van der Waals surface area contributed by atoms with Crippen LogP contribution in [0.5, 0.6) is 0 Å². The molecule has 1 aliphatic carbocycles. The molecule has 0 bridgehead atoms. The molecule has 0 aromatic carbocycles. The summed E-state index contributed by atoms with van der Waals surface area (Å²) in [6.07, 6.45) is 12.4. The largest absolute Gasteiger partial charge is 0.510 e. The number of allylic oxidation sites excluding steroid dienone is 3. The van der Waals surface area contributed by atoms with Gasteiger partial charge in [-0.3, -0.25) is 0 Å². The molecule has 3 heteroatoms. The standard InChI is InChI=1S/C17H24FNO/c1-14-10-16(20)12-19(11-14)13-17(7-3-4-8-17)15(2)6-5-9-18/h5-6,11-12,20H,2-4,7-10,13H2,1H3/b6-5-. The average molecular weight is 277 g/mol. The summed E-state index contributed by atoms with van der Waals surface area (Å²) in [6.45, 7) is 6.55. The first-order chi connectivity index (χ1) is 9.55. The second-order valence-electron chi connectivity index (χ2n) is 6.01. The predicted octanol–water partition coefficient (Wildman–Crippen LogP) is 4.64. The van der Waals surface area contributed by atoms with Crippen molar-refractivity contribution in [3.8, 4) is 0 Å². The zero-order chi connectivity index (χ0) is 14.6. The zero-order valence-corrected chi connectivity index (χ0v) is 12.2. The third-order valence-corrected chi connectivity index (χ3v) is 4.30. The Kier molecular flexibility index (Phi) is 4.69. The smallest absolute Gasteiger partial charge is 0.112 e. The van der Waals surface area contributed by atoms with Gasteiger partial charge in [-0.15, -0.1) is 0 Å². The molecule has 2 aliphatic rings. The quantitative estimate of drug-likeness (QED) is 0.740. The Labute approximate surface area is 121 Å². The van der Waals surface area contributed by atoms with Gasteiger partial charge in [-0.25, -0.2) is 4.39 Å². The average Bonchev–Trinajstić information content (AvgIpc) is 2.84. The van der Waals surface area contributed by atoms with E-state index in [1.165, 1.54) is 18.9 Å². The van der Waals surface area contributed by atoms with Crippen LogP contribution in [0.25, 0.3) is 0 Å². The number of aliphatic hydroxyl groups is 1. The molecule has 1 fully saturated rings. The van der Waals surface area contributed by atoms with E-state index in [1.807, 2.05) is 13.0 Å². The lowest BCUT2D eigenvalue weighted by atomic mass is 9.78. The molecule has 2 rings (SSSR count). The van der Waals surface area contributed by atoms with E-state index in [0.29, 0.717) is 12.2 Å². The molecule has 110 valence electrons. The molecule has 0 amide bonds. The van der Waals surface area contributed by atoms with Gasteiger partial charge in [0.2, 0.25) is 0 Å². The zero-order valence-electron chi connectivity index (χ0n) is 12.2. The minimum absolute atomic E-state index is 0.0105. The fourth-order valence-corrected chi connectivity index (χ4v) is 3.33. The summed E-state index contributed by atoms with van der Waals surface area (Å²) in [4.78, 5) is 2.06. The van der Waals surface area contributed by atoms with Crippen molar-refractivity contribution in [2.75, 3.05) is 13.2 Å². The Morgan fingerprint density at radius 3 is 2.75 bits per heavy atom. The van der Waals surface area contributed by atoms with Gasteiger partial charge in [0, 0.05) is 30.8 Å². The number of hydrogen-bond acceptors (Lipinski definition) is 2. The highest BCUT2D eigenvalue weighted by atomic mass is 19.1. The molecule has 1 saturated carbocycles. The van der Waals surface area contributed by atoms with Gasteiger partial charge in [0.25, 0.3) is 0 Å². The molecule has 1 N–H and O–H groups in total. The summed E-state index contributed by atoms with van der Waals surface area (Å²) in [7, 11) is 0. The van der Waals surface area contributed by atoms with E-state index in [4.69, 9.17) is 0 Å². The topological polar surface area (TPSA) is 23.5 Å². The van der Waals surface area contributed by atoms with Crippen LogP contribution in [0.15, 0.2) is 48.0 Å². The molecule has 2 nitrogen and oxygen atoms in total. The highest BCUT2D eigenvalue weighted by Crippen LogP contribution is 2.45. The minimum Gasteiger partial charge on any atom is -0.510 e. The van der Waals surface area contributed by atoms with E-state index in [0.717, 1.165) is 30.5 Å². The maximum Gasteiger partial charge on any atom is 0.112 e. The van der Waals surface area contributed by atoms with Crippen molar-refractivity contribution in [3.05, 3.63) is 48.0 Å². The number of aliphatic hydroxyl groups excluding tert-OH is 1. The van der Waals surface area contributed by atoms with E-state index in [2.05, 4.69) is 17.7 Å². The summed E-state index contributed by atoms with van der Waals surface area (Å²) in [5.74, 6) is 0.406. The molecule has 20 heavy (non-hydrogen) atoms. The first-order valence-corrected chi connectivity index (χ1v) is 7.30. The lowest BCUT2D eigenvalue weighted by Gasteiger charge is -2.35. The fraction of sp³-hybridized carbons (Fsp3) is 0.529. The van der Waals surface area contributed by atoms with Gasteiger partial charge >= 0.3 is 0 Å². The summed E-state index contributed by atoms with van der Waals surface area (Å²) < 4.78 is 12.3. The first kappa shape index (κ1) is 14.9. The third kappa shape index (κ3) is 3.33. The van der Waals surface area contributed by atoms with Crippen molar-refractivity contribution >= 4 is 0 Å². The SMILES string of the molecule is C=C(/C=C\CF)C1(CN2C=C(C)CC(O)=C2)CCCC1. The van der Waals surface area contributed by atoms with Crippen LogP contribution < -0.4 is 0 Å². The number of nitrogens with zero attached hydrogens (tertiary/aromatic N) is 1. The van der Waals surface area contributed by atoms with Gasteiger partial charge in [-0.05, 0) is 30.9 Å². The van der Waals surface area contributed by atoms with Crippen LogP contribution in [0.1, 0.15) is 39.0 Å². The molecule has 0 unspecified atom stereocenters. The first-order valence-electron chi connectivity index (χ1n) is 7.30. The van der Waals surface area contributed by atoms with E-state index in [9.17, 15) is 9.50 Å². The Morgan fingerprint density at radius 1 is 1.45 bits per heavy atom. The van der Waals surface area contributed by atoms with Crippen molar-refractivity contribution in [2.45, 2.75) is 39.0 Å². The van der Waals surface area contributed by atoms with E-state index >= 15 is 0 Å². The maximum atomic E-state index is 12.3. The molecule has 1 aliphatic heterocycles. The van der Waals surface area contributed by atoms with Crippen LogP contribution in [0.3, 0.4) is 0 Å². The van der Waals surface area contributed by atoms with Crippen molar-refractivity contribution in [1.29, 1.82) is 0 Å². The van der Waals surface area contributed by atoms with Gasteiger partial charge in [0.1, 0.15) is 12.4 Å². The lowest BCUT2D eigenvalue weighted by Crippen LogP contribution is -2.32. The molecule has 0 atom stereocenters. The third-order valence-electron chi connectivity index (χ3n) is 4.30. The van der Waals surface area contributed by atoms with Crippen LogP contribution in [-0.2, 0) is 0 Å². The Balaban J connectivity index is 2.15. The van der Waals surface area contributed by atoms with E-state index in [-0.39, 0.29) is 5.41 Å². The molecule has 1 heterocycles. The van der Waals surface area contributed by atoms with Crippen LogP contribution in [0, 0.1) is 5.41 Å². The van der Waals surface area contributed by atoms with Gasteiger partial charge in [0.05, 0.1) is 0 Å². The lowest BCUT2D eigenvalue weighted by molar-refractivity contribution is 0.268. The van der Waals surface area contributed by atoms with Crippen molar-refractivity contribution in [1.82, 2.24) is 4.90 Å². The molecule has 0 spiro atoms. The monoisotopic (exact) mass is 277 g/mol. The van der Waals surface area contributed by atoms with Crippen LogP contribution in [0.2, 0.25) is 0 Å². The molecule has 0 aromatic heterocycles. The van der Waals surface area contributed by atoms with Gasteiger partial charge in [0.15, 0.2) is 0 Å². The Morgan fingerprint density at radius 2 is 2.15 bits per heavy atom. The number of hydrogen-bond donors (Lipinski definition) is 1. The number of alkyl halides is 1. The van der Waals surface area contributed by atoms with Crippen molar-refractivity contribution in [2.24, 2.45) is 5.41 Å². The highest BCUT2D eigenvalue weighted by Gasteiger charge is 2.36. The van der Waals surface area contributed by atoms with Gasteiger partial charge < -0.3 is 10.0 Å². The fourth-order valence-electron chi connectivity index (χ4n) is 3.33. The number of halogens is 1. The molecule has 0 saturated heterocycles. The summed E-state index contributed by atoms with van der Waals surface area (Å²) in [6, 6.07) is 0. The normalized spacial score (nSPS) is 22.0. The predicted molar refractivity (Wildman–Crippen MR) is 80.9 cm³/mol. The Bertz CT molecular complexity index is 438. The van der Waals surface area contributed by atoms with Gasteiger partial charge in [-0.2, -0.15) is 0 Å². The van der Waals surface area contributed by atoms with Crippen LogP contribution >= 0.6 is 0 Å². The second-order valence-corrected chi connectivity index (χ2v) is 6.01. The summed E-state index contributed by atoms with van der Waals surface area (Å²) in [5.41, 5.74) is 2.18. The second kappa shape index (κ2) is 6.29. The van der Waals surface area contributed by atoms with Crippen molar-refractivity contribution in [3.63, 3.8) is 0 Å². The molecular weight excluding hydrogens is 253 g/mol. The van der Waals surface area contributed by atoms with Crippen LogP contribution in [0.4, 0.5) is 4.39 Å². The molecular formula is C17H24FNO. The van der Waals surface area contributed by atoms with Crippen LogP contribution in [-0.4, -0.2) is 23.2 Å². The summed E-state index contributed by atoms with van der Waals surface area (Å²) in [5, 5.41) is 9.78. The number of rotatable bonds is 5. The minimum atomic E-state index is -0.446. The molecule has 0 radical (unpaired) electrons. The van der Waals surface area contributed by atoms with E-state index < -0.39 is 6.67 Å². The maximum absolute atomic E-state index is 12.3. The van der Waals surface area contributed by atoms with Gasteiger partial charge in [-0.1, -0.05) is 31.6 Å². The van der Waals surface area contributed by atoms with E-state index in [1.54, 1.807) is 6.20 Å². The Hall–Kier alpha value is -1.51. The molecule has 0 aromatic rings.